The van der Waals surface area contributed by atoms with Crippen LogP contribution in [0.2, 0.25) is 0 Å². The summed E-state index contributed by atoms with van der Waals surface area (Å²) >= 11 is 0. The van der Waals surface area contributed by atoms with Gasteiger partial charge in [0.15, 0.2) is 0 Å². The molecule has 1 nitrogen and oxygen atoms in total. The first kappa shape index (κ1) is 16.7. The van der Waals surface area contributed by atoms with Crippen molar-refractivity contribution in [1.82, 2.24) is 4.98 Å². The Labute approximate surface area is 162 Å². The number of hydrogen-bond donors (Lipinski definition) is 0. The molecule has 2 heteroatoms. The van der Waals surface area contributed by atoms with Crippen molar-refractivity contribution in [3.05, 3.63) is 65.2 Å². The number of rotatable bonds is 2. The molecule has 5 rings (SSSR count). The van der Waals surface area contributed by atoms with Gasteiger partial charge < -0.3 is 0 Å². The second kappa shape index (κ2) is 6.86. The number of nitrogens with zero attached hydrogens (tertiary/aromatic N) is 1. The van der Waals surface area contributed by atoms with E-state index in [0.717, 1.165) is 16.8 Å². The average molecular weight is 503 g/mol. The SMILES string of the molecule is [Ir].[c-]1ccc(C2CCCCC2)cc1-c1cc2c3c(cccc3n1)C=C2. The van der Waals surface area contributed by atoms with E-state index in [1.807, 2.05) is 0 Å². The van der Waals surface area contributed by atoms with E-state index < -0.39 is 0 Å². The molecular weight excluding hydrogens is 482 g/mol. The molecule has 1 heterocycles. The minimum atomic E-state index is 0. The fourth-order valence-electron chi connectivity index (χ4n) is 4.26. The maximum atomic E-state index is 4.92. The largest absolute Gasteiger partial charge is 0.296 e. The van der Waals surface area contributed by atoms with Gasteiger partial charge in [-0.05, 0) is 41.6 Å². The zero-order valence-corrected chi connectivity index (χ0v) is 16.5. The fourth-order valence-corrected chi connectivity index (χ4v) is 4.26. The van der Waals surface area contributed by atoms with Gasteiger partial charge in [0, 0.05) is 25.5 Å². The Kier molecular flexibility index (Phi) is 4.58. The second-order valence-corrected chi connectivity index (χ2v) is 7.04. The van der Waals surface area contributed by atoms with Crippen LogP contribution >= 0.6 is 0 Å². The zero-order valence-electron chi connectivity index (χ0n) is 14.1. The van der Waals surface area contributed by atoms with Gasteiger partial charge in [-0.1, -0.05) is 49.6 Å². The molecule has 2 aromatic carbocycles. The van der Waals surface area contributed by atoms with Gasteiger partial charge in [0.2, 0.25) is 0 Å². The molecule has 0 unspecified atom stereocenters. The third kappa shape index (κ3) is 2.99. The maximum Gasteiger partial charge on any atom is 0.0607 e. The Morgan fingerprint density at radius 1 is 0.920 bits per heavy atom. The number of benzene rings is 2. The predicted molar refractivity (Wildman–Crippen MR) is 101 cm³/mol. The molecule has 0 amide bonds. The fraction of sp³-hybridized carbons (Fsp3) is 0.261. The van der Waals surface area contributed by atoms with E-state index in [2.05, 4.69) is 60.7 Å². The summed E-state index contributed by atoms with van der Waals surface area (Å²) in [5, 5.41) is 1.28. The summed E-state index contributed by atoms with van der Waals surface area (Å²) in [6.07, 6.45) is 11.2. The van der Waals surface area contributed by atoms with Gasteiger partial charge in [-0.2, -0.15) is 0 Å². The van der Waals surface area contributed by atoms with Crippen LogP contribution in [0.25, 0.3) is 34.3 Å². The van der Waals surface area contributed by atoms with Gasteiger partial charge in [-0.3, -0.25) is 4.98 Å². The maximum absolute atomic E-state index is 4.92. The number of hydrogen-bond acceptors (Lipinski definition) is 1. The third-order valence-corrected chi connectivity index (χ3v) is 5.52. The van der Waals surface area contributed by atoms with E-state index >= 15 is 0 Å². The van der Waals surface area contributed by atoms with E-state index in [-0.39, 0.29) is 20.1 Å². The minimum absolute atomic E-state index is 0. The van der Waals surface area contributed by atoms with Gasteiger partial charge in [-0.25, -0.2) is 0 Å². The molecule has 0 atom stereocenters. The molecule has 0 spiro atoms. The van der Waals surface area contributed by atoms with Crippen molar-refractivity contribution in [2.24, 2.45) is 0 Å². The molecule has 25 heavy (non-hydrogen) atoms. The van der Waals surface area contributed by atoms with Crippen LogP contribution in [-0.4, -0.2) is 4.98 Å². The van der Waals surface area contributed by atoms with Crippen molar-refractivity contribution in [2.45, 2.75) is 38.0 Å². The smallest absolute Gasteiger partial charge is 0.0607 e. The Morgan fingerprint density at radius 3 is 2.64 bits per heavy atom. The standard InChI is InChI=1S/C23H20N.Ir/c1-2-6-16(7-3-1)18-9-4-10-19(14-18)22-15-20-13-12-17-8-5-11-21(24-22)23(17)20;/h4-5,8-9,11-16H,1-3,6-7H2;/q-1;. The zero-order chi connectivity index (χ0) is 15.9. The first-order chi connectivity index (χ1) is 11.9. The summed E-state index contributed by atoms with van der Waals surface area (Å²) in [6, 6.07) is 18.6. The van der Waals surface area contributed by atoms with E-state index in [0.29, 0.717) is 5.92 Å². The summed E-state index contributed by atoms with van der Waals surface area (Å²) in [5.74, 6) is 0.717. The number of aromatic nitrogens is 1. The summed E-state index contributed by atoms with van der Waals surface area (Å²) < 4.78 is 0. The normalized spacial score (nSPS) is 16.2. The van der Waals surface area contributed by atoms with Crippen molar-refractivity contribution < 1.29 is 20.1 Å². The van der Waals surface area contributed by atoms with Crippen molar-refractivity contribution in [3.8, 4) is 11.3 Å². The molecule has 0 N–H and O–H groups in total. The van der Waals surface area contributed by atoms with E-state index in [9.17, 15) is 0 Å². The van der Waals surface area contributed by atoms with Crippen molar-refractivity contribution >= 4 is 23.1 Å². The Morgan fingerprint density at radius 2 is 1.76 bits per heavy atom. The molecular formula is C23H20IrN-. The summed E-state index contributed by atoms with van der Waals surface area (Å²) in [7, 11) is 0. The molecule has 0 bridgehead atoms. The average Bonchev–Trinajstić information content (AvgIpc) is 3.07. The van der Waals surface area contributed by atoms with Gasteiger partial charge in [0.25, 0.3) is 0 Å². The first-order valence-electron chi connectivity index (χ1n) is 9.02. The molecule has 1 saturated carbocycles. The van der Waals surface area contributed by atoms with Crippen LogP contribution in [0.4, 0.5) is 0 Å². The van der Waals surface area contributed by atoms with E-state index in [4.69, 9.17) is 4.98 Å². The Hall–Kier alpha value is -1.76. The van der Waals surface area contributed by atoms with E-state index in [1.54, 1.807) is 0 Å². The first-order valence-corrected chi connectivity index (χ1v) is 9.02. The van der Waals surface area contributed by atoms with Crippen LogP contribution in [0.15, 0.2) is 42.5 Å². The van der Waals surface area contributed by atoms with E-state index in [1.165, 1.54) is 54.2 Å². The summed E-state index contributed by atoms with van der Waals surface area (Å²) in [6.45, 7) is 0. The molecule has 0 aliphatic heterocycles. The van der Waals surface area contributed by atoms with Crippen LogP contribution in [0.1, 0.15) is 54.7 Å². The molecule has 2 aliphatic carbocycles. The minimum Gasteiger partial charge on any atom is -0.296 e. The van der Waals surface area contributed by atoms with Gasteiger partial charge in [0.1, 0.15) is 0 Å². The van der Waals surface area contributed by atoms with Crippen LogP contribution in [0, 0.1) is 6.07 Å². The predicted octanol–water partition coefficient (Wildman–Crippen LogP) is 6.23. The Bertz CT molecular complexity index is 951. The van der Waals surface area contributed by atoms with Crippen LogP contribution < -0.4 is 0 Å². The molecule has 3 aromatic rings. The number of pyridine rings is 1. The molecule has 1 fully saturated rings. The van der Waals surface area contributed by atoms with Crippen LogP contribution in [-0.2, 0) is 20.1 Å². The summed E-state index contributed by atoms with van der Waals surface area (Å²) in [5.41, 5.74) is 7.27. The monoisotopic (exact) mass is 503 g/mol. The Balaban J connectivity index is 0.00000157. The molecule has 1 radical (unpaired) electrons. The van der Waals surface area contributed by atoms with Gasteiger partial charge in [0.05, 0.1) is 5.52 Å². The van der Waals surface area contributed by atoms with Crippen LogP contribution in [0.5, 0.6) is 0 Å². The van der Waals surface area contributed by atoms with Crippen molar-refractivity contribution in [1.29, 1.82) is 0 Å². The second-order valence-electron chi connectivity index (χ2n) is 7.04. The third-order valence-electron chi connectivity index (χ3n) is 5.52. The molecule has 0 saturated heterocycles. The van der Waals surface area contributed by atoms with Crippen molar-refractivity contribution in [3.63, 3.8) is 0 Å². The van der Waals surface area contributed by atoms with Gasteiger partial charge >= 0.3 is 0 Å². The molecule has 1 aromatic heterocycles. The molecule has 2 aliphatic rings. The molecule has 127 valence electrons. The van der Waals surface area contributed by atoms with Crippen LogP contribution in [0.3, 0.4) is 0 Å². The summed E-state index contributed by atoms with van der Waals surface area (Å²) in [4.78, 5) is 4.92. The van der Waals surface area contributed by atoms with Crippen molar-refractivity contribution in [2.75, 3.05) is 0 Å². The quantitative estimate of drug-likeness (QED) is 0.296. The topological polar surface area (TPSA) is 12.9 Å². The van der Waals surface area contributed by atoms with Gasteiger partial charge in [-0.15, -0.1) is 35.4 Å².